The number of ether oxygens (including phenoxy) is 1. The first-order valence-electron chi connectivity index (χ1n) is 13.7. The van der Waals surface area contributed by atoms with Gasteiger partial charge >= 0.3 is 0 Å². The molecule has 1 aliphatic heterocycles. The Kier molecular flexibility index (Phi) is 8.76. The summed E-state index contributed by atoms with van der Waals surface area (Å²) in [5.74, 6) is 1.70. The summed E-state index contributed by atoms with van der Waals surface area (Å²) in [7, 11) is 0. The van der Waals surface area contributed by atoms with Crippen molar-refractivity contribution in [2.75, 3.05) is 44.2 Å². The number of hydrogen-bond acceptors (Lipinski definition) is 6. The third kappa shape index (κ3) is 7.07. The Morgan fingerprint density at radius 2 is 1.65 bits per heavy atom. The Bertz CT molecular complexity index is 1390. The van der Waals surface area contributed by atoms with Gasteiger partial charge in [-0.2, -0.15) is 0 Å². The molecule has 0 atom stereocenters. The number of carbonyl (C=O) groups excluding carboxylic acids is 1. The average molecular weight is 543 g/mol. The molecular weight excluding hydrogens is 507 g/mol. The van der Waals surface area contributed by atoms with Crippen molar-refractivity contribution in [3.05, 3.63) is 101 Å². The lowest BCUT2D eigenvalue weighted by Gasteiger charge is -2.36. The molecular formula is C32H35FN4O3. The number of rotatable bonds is 10. The number of anilines is 1. The van der Waals surface area contributed by atoms with E-state index in [1.807, 2.05) is 62.4 Å². The summed E-state index contributed by atoms with van der Waals surface area (Å²) in [6.45, 7) is 9.50. The van der Waals surface area contributed by atoms with Crippen LogP contribution in [0.4, 0.5) is 10.1 Å². The van der Waals surface area contributed by atoms with Crippen LogP contribution in [0.1, 0.15) is 33.8 Å². The van der Waals surface area contributed by atoms with Crippen molar-refractivity contribution in [2.45, 2.75) is 26.9 Å². The minimum absolute atomic E-state index is 0.0940. The Labute approximate surface area is 234 Å². The third-order valence-electron chi connectivity index (χ3n) is 7.18. The van der Waals surface area contributed by atoms with Gasteiger partial charge in [-0.25, -0.2) is 9.37 Å². The molecule has 0 aliphatic carbocycles. The number of nitrogens with zero attached hydrogens (tertiary/aromatic N) is 3. The number of amides is 1. The Morgan fingerprint density at radius 3 is 2.35 bits per heavy atom. The quantitative estimate of drug-likeness (QED) is 0.263. The highest BCUT2D eigenvalue weighted by molar-refractivity contribution is 5.94. The maximum atomic E-state index is 13.2. The number of carbonyl (C=O) groups is 1. The number of aromatic nitrogens is 1. The van der Waals surface area contributed by atoms with Gasteiger partial charge in [-0.1, -0.05) is 17.7 Å². The number of aryl methyl sites for hydroxylation is 2. The third-order valence-corrected chi connectivity index (χ3v) is 7.18. The van der Waals surface area contributed by atoms with Crippen molar-refractivity contribution < 1.29 is 18.3 Å². The van der Waals surface area contributed by atoms with E-state index in [-0.39, 0.29) is 11.7 Å². The highest BCUT2D eigenvalue weighted by atomic mass is 19.1. The molecule has 40 heavy (non-hydrogen) atoms. The first-order chi connectivity index (χ1) is 19.4. The zero-order chi connectivity index (χ0) is 27.9. The van der Waals surface area contributed by atoms with Gasteiger partial charge in [0.1, 0.15) is 29.6 Å². The minimum Gasteiger partial charge on any atom is -0.487 e. The van der Waals surface area contributed by atoms with Crippen molar-refractivity contribution in [1.29, 1.82) is 0 Å². The molecule has 2 heterocycles. The summed E-state index contributed by atoms with van der Waals surface area (Å²) in [5, 5.41) is 3.02. The number of benzene rings is 3. The molecule has 1 fully saturated rings. The normalized spacial score (nSPS) is 13.8. The molecule has 8 heteroatoms. The molecule has 0 unspecified atom stereocenters. The van der Waals surface area contributed by atoms with Crippen LogP contribution < -0.4 is 15.0 Å². The standard InChI is InChI=1S/C32H35FN4O3/c1-23-4-14-29(15-5-23)39-22-30-24(2)40-32(35-30)26-8-6-25(7-9-26)31(38)34-16-3-17-36-18-20-37(21-19-36)28-12-10-27(33)11-13-28/h4-15H,3,16-22H2,1-2H3,(H,34,38). The SMILES string of the molecule is Cc1ccc(OCc2nc(-c3ccc(C(=O)NCCCN4CCN(c5ccc(F)cc5)CC4)cc3)oc2C)cc1. The van der Waals surface area contributed by atoms with Gasteiger partial charge in [-0.05, 0) is 87.5 Å². The summed E-state index contributed by atoms with van der Waals surface area (Å²) >= 11 is 0. The maximum absolute atomic E-state index is 13.2. The van der Waals surface area contributed by atoms with Crippen LogP contribution in [0.25, 0.3) is 11.5 Å². The van der Waals surface area contributed by atoms with E-state index in [1.165, 1.54) is 17.7 Å². The lowest BCUT2D eigenvalue weighted by molar-refractivity contribution is 0.0951. The van der Waals surface area contributed by atoms with Crippen LogP contribution in [0.15, 0.2) is 77.2 Å². The Morgan fingerprint density at radius 1 is 0.950 bits per heavy atom. The molecule has 1 amide bonds. The van der Waals surface area contributed by atoms with Crippen molar-refractivity contribution in [3.63, 3.8) is 0 Å². The van der Waals surface area contributed by atoms with Crippen LogP contribution in [0.2, 0.25) is 0 Å². The van der Waals surface area contributed by atoms with Crippen LogP contribution in [-0.2, 0) is 6.61 Å². The van der Waals surface area contributed by atoms with Gasteiger partial charge < -0.3 is 19.4 Å². The van der Waals surface area contributed by atoms with Crippen LogP contribution in [0.5, 0.6) is 5.75 Å². The molecule has 208 valence electrons. The second kappa shape index (κ2) is 12.8. The molecule has 1 N–H and O–H groups in total. The highest BCUT2D eigenvalue weighted by Crippen LogP contribution is 2.24. The summed E-state index contributed by atoms with van der Waals surface area (Å²) in [6, 6.07) is 21.9. The Balaban J connectivity index is 1.04. The molecule has 7 nitrogen and oxygen atoms in total. The number of hydrogen-bond donors (Lipinski definition) is 1. The largest absolute Gasteiger partial charge is 0.487 e. The second-order valence-electron chi connectivity index (χ2n) is 10.1. The molecule has 5 rings (SSSR count). The van der Waals surface area contributed by atoms with Gasteiger partial charge in [-0.3, -0.25) is 9.69 Å². The van der Waals surface area contributed by atoms with Gasteiger partial charge in [0.05, 0.1) is 0 Å². The second-order valence-corrected chi connectivity index (χ2v) is 10.1. The monoisotopic (exact) mass is 542 g/mol. The fraction of sp³-hybridized carbons (Fsp3) is 0.312. The lowest BCUT2D eigenvalue weighted by atomic mass is 10.1. The molecule has 0 bridgehead atoms. The van der Waals surface area contributed by atoms with Gasteiger partial charge in [0.25, 0.3) is 5.91 Å². The highest BCUT2D eigenvalue weighted by Gasteiger charge is 2.17. The molecule has 0 radical (unpaired) electrons. The smallest absolute Gasteiger partial charge is 0.251 e. The van der Waals surface area contributed by atoms with E-state index in [0.29, 0.717) is 30.4 Å². The predicted octanol–water partition coefficient (Wildman–Crippen LogP) is 5.62. The number of nitrogens with one attached hydrogen (secondary N) is 1. The van der Waals surface area contributed by atoms with Crippen LogP contribution in [0, 0.1) is 19.7 Å². The van der Waals surface area contributed by atoms with Crippen molar-refractivity contribution in [3.8, 4) is 17.2 Å². The van der Waals surface area contributed by atoms with E-state index < -0.39 is 0 Å². The van der Waals surface area contributed by atoms with Crippen molar-refractivity contribution >= 4 is 11.6 Å². The van der Waals surface area contributed by atoms with Crippen molar-refractivity contribution in [2.24, 2.45) is 0 Å². The maximum Gasteiger partial charge on any atom is 0.251 e. The topological polar surface area (TPSA) is 70.8 Å². The predicted molar refractivity (Wildman–Crippen MR) is 154 cm³/mol. The lowest BCUT2D eigenvalue weighted by Crippen LogP contribution is -2.47. The molecule has 1 saturated heterocycles. The fourth-order valence-electron chi connectivity index (χ4n) is 4.72. The van der Waals surface area contributed by atoms with Crippen LogP contribution in [0.3, 0.4) is 0 Å². The van der Waals surface area contributed by atoms with E-state index >= 15 is 0 Å². The summed E-state index contributed by atoms with van der Waals surface area (Å²) in [4.78, 5) is 21.9. The molecule has 0 spiro atoms. The molecule has 1 aromatic heterocycles. The molecule has 0 saturated carbocycles. The van der Waals surface area contributed by atoms with E-state index in [1.54, 1.807) is 12.1 Å². The van der Waals surface area contributed by atoms with Gasteiger partial charge in [-0.15, -0.1) is 0 Å². The first-order valence-corrected chi connectivity index (χ1v) is 13.7. The molecule has 4 aromatic rings. The van der Waals surface area contributed by atoms with E-state index in [4.69, 9.17) is 9.15 Å². The average Bonchev–Trinajstić information content (AvgIpc) is 3.36. The minimum atomic E-state index is -0.209. The number of halogens is 1. The Hall–Kier alpha value is -4.17. The van der Waals surface area contributed by atoms with Gasteiger partial charge in [0.15, 0.2) is 0 Å². The number of piperazine rings is 1. The summed E-state index contributed by atoms with van der Waals surface area (Å²) in [5.41, 5.74) is 4.39. The molecule has 3 aromatic carbocycles. The van der Waals surface area contributed by atoms with E-state index in [2.05, 4.69) is 20.1 Å². The van der Waals surface area contributed by atoms with E-state index in [9.17, 15) is 9.18 Å². The van der Waals surface area contributed by atoms with E-state index in [0.717, 1.165) is 61.8 Å². The summed E-state index contributed by atoms with van der Waals surface area (Å²) in [6.07, 6.45) is 0.878. The molecule has 1 aliphatic rings. The zero-order valence-corrected chi connectivity index (χ0v) is 23.0. The fourth-order valence-corrected chi connectivity index (χ4v) is 4.72. The van der Waals surface area contributed by atoms with Gasteiger partial charge in [0, 0.05) is 49.5 Å². The van der Waals surface area contributed by atoms with Gasteiger partial charge in [0.2, 0.25) is 5.89 Å². The van der Waals surface area contributed by atoms with Crippen LogP contribution >= 0.6 is 0 Å². The van der Waals surface area contributed by atoms with Crippen LogP contribution in [-0.4, -0.2) is 55.1 Å². The van der Waals surface area contributed by atoms with Crippen molar-refractivity contribution in [1.82, 2.24) is 15.2 Å². The summed E-state index contributed by atoms with van der Waals surface area (Å²) < 4.78 is 24.9. The zero-order valence-electron chi connectivity index (χ0n) is 23.0. The first kappa shape index (κ1) is 27.4. The number of oxazole rings is 1.